The number of piperidine rings is 1. The van der Waals surface area contributed by atoms with E-state index >= 15 is 0 Å². The van der Waals surface area contributed by atoms with E-state index in [9.17, 15) is 5.11 Å². The lowest BCUT2D eigenvalue weighted by Gasteiger charge is -2.32. The SMILES string of the molecule is OC(CN1CCCC(c2noc(C3CC3)n2)C1)c1ccccc1. The summed E-state index contributed by atoms with van der Waals surface area (Å²) in [4.78, 5) is 6.92. The van der Waals surface area contributed by atoms with Crippen LogP contribution >= 0.6 is 0 Å². The topological polar surface area (TPSA) is 62.4 Å². The highest BCUT2D eigenvalue weighted by Gasteiger charge is 2.32. The maximum atomic E-state index is 10.4. The highest BCUT2D eigenvalue weighted by molar-refractivity contribution is 5.17. The molecule has 2 aromatic rings. The molecular formula is C18H23N3O2. The number of hydrogen-bond acceptors (Lipinski definition) is 5. The van der Waals surface area contributed by atoms with Crippen molar-refractivity contribution in [3.05, 3.63) is 47.6 Å². The molecule has 0 amide bonds. The number of nitrogens with zero attached hydrogens (tertiary/aromatic N) is 3. The van der Waals surface area contributed by atoms with Crippen LogP contribution in [0.15, 0.2) is 34.9 Å². The van der Waals surface area contributed by atoms with Gasteiger partial charge in [-0.3, -0.25) is 4.90 Å². The van der Waals surface area contributed by atoms with Gasteiger partial charge in [0.15, 0.2) is 5.82 Å². The first-order valence-corrected chi connectivity index (χ1v) is 8.58. The zero-order valence-electron chi connectivity index (χ0n) is 13.3. The van der Waals surface area contributed by atoms with Crippen molar-refractivity contribution in [1.82, 2.24) is 15.0 Å². The van der Waals surface area contributed by atoms with Crippen molar-refractivity contribution < 1.29 is 9.63 Å². The summed E-state index contributed by atoms with van der Waals surface area (Å²) < 4.78 is 5.40. The third-order valence-corrected chi connectivity index (χ3v) is 4.87. The molecule has 0 bridgehead atoms. The summed E-state index contributed by atoms with van der Waals surface area (Å²) in [5.74, 6) is 2.51. The molecule has 0 spiro atoms. The number of hydrogen-bond donors (Lipinski definition) is 1. The van der Waals surface area contributed by atoms with Gasteiger partial charge in [0.2, 0.25) is 5.89 Å². The van der Waals surface area contributed by atoms with Gasteiger partial charge in [-0.2, -0.15) is 4.98 Å². The summed E-state index contributed by atoms with van der Waals surface area (Å²) >= 11 is 0. The number of aliphatic hydroxyl groups is 1. The number of benzene rings is 1. The van der Waals surface area contributed by atoms with E-state index < -0.39 is 6.10 Å². The van der Waals surface area contributed by atoms with Gasteiger partial charge in [-0.25, -0.2) is 0 Å². The molecule has 1 aliphatic heterocycles. The van der Waals surface area contributed by atoms with Crippen LogP contribution in [0.3, 0.4) is 0 Å². The predicted octanol–water partition coefficient (Wildman–Crippen LogP) is 2.86. The molecule has 23 heavy (non-hydrogen) atoms. The summed E-state index contributed by atoms with van der Waals surface area (Å²) in [7, 11) is 0. The Balaban J connectivity index is 1.38. The lowest BCUT2D eigenvalue weighted by atomic mass is 9.96. The van der Waals surface area contributed by atoms with Gasteiger partial charge in [0.05, 0.1) is 6.10 Å². The quantitative estimate of drug-likeness (QED) is 0.919. The predicted molar refractivity (Wildman–Crippen MR) is 86.1 cm³/mol. The standard InChI is InChI=1S/C18H23N3O2/c22-16(13-5-2-1-3-6-13)12-21-10-4-7-15(11-21)17-19-18(23-20-17)14-8-9-14/h1-3,5-6,14-16,22H,4,7-12H2. The van der Waals surface area contributed by atoms with E-state index in [1.807, 2.05) is 30.3 Å². The zero-order valence-corrected chi connectivity index (χ0v) is 13.3. The summed E-state index contributed by atoms with van der Waals surface area (Å²) in [6.07, 6.45) is 4.13. The minimum absolute atomic E-state index is 0.322. The van der Waals surface area contributed by atoms with Crippen molar-refractivity contribution in [1.29, 1.82) is 0 Å². The average Bonchev–Trinajstić information content (AvgIpc) is 3.33. The zero-order chi connectivity index (χ0) is 15.6. The van der Waals surface area contributed by atoms with Crippen molar-refractivity contribution in [3.63, 3.8) is 0 Å². The number of rotatable bonds is 5. The van der Waals surface area contributed by atoms with Crippen LogP contribution in [0.4, 0.5) is 0 Å². The first-order valence-electron chi connectivity index (χ1n) is 8.58. The lowest BCUT2D eigenvalue weighted by Crippen LogP contribution is -2.37. The van der Waals surface area contributed by atoms with Crippen LogP contribution in [-0.4, -0.2) is 39.8 Å². The Morgan fingerprint density at radius 3 is 2.78 bits per heavy atom. The van der Waals surface area contributed by atoms with Crippen molar-refractivity contribution >= 4 is 0 Å². The summed E-state index contributed by atoms with van der Waals surface area (Å²) in [5.41, 5.74) is 0.977. The van der Waals surface area contributed by atoms with Gasteiger partial charge in [0.1, 0.15) is 0 Å². The fourth-order valence-corrected chi connectivity index (χ4v) is 3.37. The number of β-amino-alcohol motifs (C(OH)–C–C–N with tert-alkyl or cyclic N) is 1. The van der Waals surface area contributed by atoms with Crippen molar-refractivity contribution in [2.45, 2.75) is 43.6 Å². The van der Waals surface area contributed by atoms with Gasteiger partial charge < -0.3 is 9.63 Å². The van der Waals surface area contributed by atoms with E-state index in [1.165, 1.54) is 12.8 Å². The van der Waals surface area contributed by atoms with E-state index in [1.54, 1.807) is 0 Å². The molecule has 5 nitrogen and oxygen atoms in total. The molecule has 1 aromatic heterocycles. The fraction of sp³-hybridized carbons (Fsp3) is 0.556. The van der Waals surface area contributed by atoms with E-state index in [0.29, 0.717) is 18.4 Å². The molecule has 2 atom stereocenters. The minimum atomic E-state index is -0.442. The van der Waals surface area contributed by atoms with Gasteiger partial charge in [-0.1, -0.05) is 35.5 Å². The molecule has 5 heteroatoms. The van der Waals surface area contributed by atoms with Crippen molar-refractivity contribution in [3.8, 4) is 0 Å². The molecule has 1 N–H and O–H groups in total. The maximum Gasteiger partial charge on any atom is 0.229 e. The normalized spacial score (nSPS) is 23.8. The molecule has 4 rings (SSSR count). The molecule has 0 radical (unpaired) electrons. The third kappa shape index (κ3) is 3.46. The Labute approximate surface area is 136 Å². The number of aliphatic hydroxyl groups excluding tert-OH is 1. The molecule has 1 aliphatic carbocycles. The molecule has 122 valence electrons. The monoisotopic (exact) mass is 313 g/mol. The van der Waals surface area contributed by atoms with Crippen LogP contribution in [0.1, 0.15) is 60.9 Å². The first-order chi connectivity index (χ1) is 11.3. The Bertz CT molecular complexity index is 639. The van der Waals surface area contributed by atoms with Crippen LogP contribution in [-0.2, 0) is 0 Å². The van der Waals surface area contributed by atoms with Gasteiger partial charge >= 0.3 is 0 Å². The summed E-state index contributed by atoms with van der Waals surface area (Å²) in [6.45, 7) is 2.58. The molecule has 1 saturated carbocycles. The highest BCUT2D eigenvalue weighted by Crippen LogP contribution is 2.39. The highest BCUT2D eigenvalue weighted by atomic mass is 16.5. The molecule has 2 heterocycles. The Morgan fingerprint density at radius 1 is 1.17 bits per heavy atom. The van der Waals surface area contributed by atoms with Crippen molar-refractivity contribution in [2.24, 2.45) is 0 Å². The van der Waals surface area contributed by atoms with Crippen LogP contribution in [0, 0.1) is 0 Å². The van der Waals surface area contributed by atoms with Crippen LogP contribution in [0.25, 0.3) is 0 Å². The molecule has 2 aliphatic rings. The maximum absolute atomic E-state index is 10.4. The number of likely N-dealkylation sites (tertiary alicyclic amines) is 1. The van der Waals surface area contributed by atoms with Gasteiger partial charge in [0, 0.05) is 24.9 Å². The van der Waals surface area contributed by atoms with Gasteiger partial charge in [-0.05, 0) is 37.8 Å². The fourth-order valence-electron chi connectivity index (χ4n) is 3.37. The summed E-state index contributed by atoms with van der Waals surface area (Å²) in [5, 5.41) is 14.6. The molecule has 2 unspecified atom stereocenters. The smallest absolute Gasteiger partial charge is 0.229 e. The largest absolute Gasteiger partial charge is 0.387 e. The van der Waals surface area contributed by atoms with Crippen LogP contribution in [0.5, 0.6) is 0 Å². The van der Waals surface area contributed by atoms with Gasteiger partial charge in [0.25, 0.3) is 0 Å². The average molecular weight is 313 g/mol. The van der Waals surface area contributed by atoms with E-state index in [2.05, 4.69) is 15.0 Å². The van der Waals surface area contributed by atoms with Crippen LogP contribution < -0.4 is 0 Å². The second-order valence-electron chi connectivity index (χ2n) is 6.79. The van der Waals surface area contributed by atoms with Crippen molar-refractivity contribution in [2.75, 3.05) is 19.6 Å². The Hall–Kier alpha value is -1.72. The first kappa shape index (κ1) is 14.8. The van der Waals surface area contributed by atoms with Crippen LogP contribution in [0.2, 0.25) is 0 Å². The minimum Gasteiger partial charge on any atom is -0.387 e. The summed E-state index contributed by atoms with van der Waals surface area (Å²) in [6, 6.07) is 9.87. The van der Waals surface area contributed by atoms with E-state index in [-0.39, 0.29) is 0 Å². The Kier molecular flexibility index (Phi) is 4.14. The third-order valence-electron chi connectivity index (χ3n) is 4.87. The molecular weight excluding hydrogens is 290 g/mol. The lowest BCUT2D eigenvalue weighted by molar-refractivity contribution is 0.0942. The second-order valence-corrected chi connectivity index (χ2v) is 6.79. The molecule has 2 fully saturated rings. The van der Waals surface area contributed by atoms with E-state index in [4.69, 9.17) is 4.52 Å². The van der Waals surface area contributed by atoms with Gasteiger partial charge in [-0.15, -0.1) is 0 Å². The number of aromatic nitrogens is 2. The second kappa shape index (κ2) is 6.42. The molecule has 1 saturated heterocycles. The molecule has 1 aromatic carbocycles. The van der Waals surface area contributed by atoms with E-state index in [0.717, 1.165) is 43.2 Å². The Morgan fingerprint density at radius 2 is 2.00 bits per heavy atom.